The number of rotatable bonds is 2. The Morgan fingerprint density at radius 2 is 2.16 bits per heavy atom. The molecule has 2 fully saturated rings. The molecule has 132 valence electrons. The molecule has 1 saturated carbocycles. The van der Waals surface area contributed by atoms with Crippen LogP contribution in [0.15, 0.2) is 30.9 Å². The Labute approximate surface area is 149 Å². The molecule has 3 atom stereocenters. The minimum atomic E-state index is 0.379. The summed E-state index contributed by atoms with van der Waals surface area (Å²) in [6.45, 7) is 1.23. The number of likely N-dealkylation sites (tertiary alicyclic amines) is 1. The van der Waals surface area contributed by atoms with E-state index in [0.717, 1.165) is 17.4 Å². The number of methoxy groups -OCH3 is 1. The molecule has 2 bridgehead atoms. The number of hydrogen-bond donors (Lipinski definition) is 0. The summed E-state index contributed by atoms with van der Waals surface area (Å²) in [4.78, 5) is 6.84. The molecule has 2 heterocycles. The lowest BCUT2D eigenvalue weighted by molar-refractivity contribution is 0.00274. The number of nitrogens with zero attached hydrogens (tertiary/aromatic N) is 3. The molecule has 0 spiro atoms. The van der Waals surface area contributed by atoms with Crippen LogP contribution in [0.5, 0.6) is 5.75 Å². The Bertz CT molecular complexity index is 785. The van der Waals surface area contributed by atoms with E-state index in [9.17, 15) is 0 Å². The molecular weight excluding hydrogens is 310 g/mol. The van der Waals surface area contributed by atoms with Crippen LogP contribution in [-0.4, -0.2) is 41.2 Å². The van der Waals surface area contributed by atoms with E-state index in [-0.39, 0.29) is 0 Å². The van der Waals surface area contributed by atoms with Crippen LogP contribution in [-0.2, 0) is 11.8 Å². The monoisotopic (exact) mass is 337 g/mol. The maximum Gasteiger partial charge on any atom is 0.143 e. The molecule has 2 aliphatic carbocycles. The predicted molar refractivity (Wildman–Crippen MR) is 98.5 cm³/mol. The third-order valence-corrected chi connectivity index (χ3v) is 7.19. The van der Waals surface area contributed by atoms with Gasteiger partial charge in [0.05, 0.1) is 19.1 Å². The fourth-order valence-electron chi connectivity index (χ4n) is 5.99. The smallest absolute Gasteiger partial charge is 0.143 e. The van der Waals surface area contributed by atoms with Crippen molar-refractivity contribution in [1.29, 1.82) is 0 Å². The number of fused-ring (bicyclic) bond motifs is 1. The summed E-state index contributed by atoms with van der Waals surface area (Å²) in [7, 11) is 4.12. The maximum absolute atomic E-state index is 5.81. The zero-order valence-electron chi connectivity index (χ0n) is 15.2. The highest BCUT2D eigenvalue weighted by atomic mass is 16.5. The topological polar surface area (TPSA) is 30.3 Å². The van der Waals surface area contributed by atoms with Gasteiger partial charge in [-0.05, 0) is 68.5 Å². The molecular formula is C21H27N3O. The van der Waals surface area contributed by atoms with Crippen LogP contribution in [0.1, 0.15) is 43.2 Å². The van der Waals surface area contributed by atoms with Gasteiger partial charge in [-0.3, -0.25) is 0 Å². The van der Waals surface area contributed by atoms with Crippen molar-refractivity contribution in [1.82, 2.24) is 14.5 Å². The molecule has 1 aliphatic heterocycles. The number of hydrogen-bond acceptors (Lipinski definition) is 3. The highest BCUT2D eigenvalue weighted by Gasteiger charge is 2.53. The highest BCUT2D eigenvalue weighted by Crippen LogP contribution is 2.56. The maximum atomic E-state index is 5.81. The first kappa shape index (κ1) is 15.4. The van der Waals surface area contributed by atoms with Gasteiger partial charge in [-0.1, -0.05) is 12.8 Å². The minimum absolute atomic E-state index is 0.379. The fraction of sp³-hybridized carbons (Fsp3) is 0.571. The van der Waals surface area contributed by atoms with E-state index in [1.54, 1.807) is 12.7 Å². The normalized spacial score (nSPS) is 31.3. The average molecular weight is 337 g/mol. The highest BCUT2D eigenvalue weighted by molar-refractivity contribution is 5.56. The minimum Gasteiger partial charge on any atom is -0.495 e. The standard InChI is InChI=1S/C21H27N3O/c1-23-9-7-21-6-4-3-5-16(21)18(23)11-15-12-19(24-10-8-22-14-24)20(25-2)13-17(15)21/h8,10,12-14,16,18H,3-7,9,11H2,1-2H3/t16-,18-,21+/m0/s1. The molecule has 3 aliphatic rings. The van der Waals surface area contributed by atoms with Crippen LogP contribution in [0.2, 0.25) is 0 Å². The molecule has 0 radical (unpaired) electrons. The van der Waals surface area contributed by atoms with Crippen LogP contribution in [0.25, 0.3) is 5.69 Å². The molecule has 0 amide bonds. The Kier molecular flexibility index (Phi) is 3.46. The third-order valence-electron chi connectivity index (χ3n) is 7.19. The Balaban J connectivity index is 1.70. The quantitative estimate of drug-likeness (QED) is 0.839. The Morgan fingerprint density at radius 3 is 2.96 bits per heavy atom. The van der Waals surface area contributed by atoms with Crippen molar-refractivity contribution in [3.8, 4) is 11.4 Å². The van der Waals surface area contributed by atoms with Gasteiger partial charge in [0.15, 0.2) is 0 Å². The molecule has 1 aromatic carbocycles. The third kappa shape index (κ3) is 2.13. The van der Waals surface area contributed by atoms with Gasteiger partial charge >= 0.3 is 0 Å². The molecule has 4 nitrogen and oxygen atoms in total. The lowest BCUT2D eigenvalue weighted by Crippen LogP contribution is -2.59. The first-order valence-corrected chi connectivity index (χ1v) is 9.63. The molecule has 5 rings (SSSR count). The van der Waals surface area contributed by atoms with Crippen molar-refractivity contribution in [2.75, 3.05) is 20.7 Å². The van der Waals surface area contributed by atoms with E-state index in [4.69, 9.17) is 4.74 Å². The number of piperidine rings is 1. The molecule has 0 unspecified atom stereocenters. The summed E-state index contributed by atoms with van der Waals surface area (Å²) in [6.07, 6.45) is 13.7. The zero-order chi connectivity index (χ0) is 17.0. The number of ether oxygens (including phenoxy) is 1. The first-order valence-electron chi connectivity index (χ1n) is 9.63. The number of imidazole rings is 1. The largest absolute Gasteiger partial charge is 0.495 e. The summed E-state index contributed by atoms with van der Waals surface area (Å²) in [5, 5.41) is 0. The van der Waals surface area contributed by atoms with Gasteiger partial charge in [0.1, 0.15) is 5.75 Å². The van der Waals surface area contributed by atoms with E-state index in [1.807, 2.05) is 18.7 Å². The predicted octanol–water partition coefficient (Wildman–Crippen LogP) is 3.57. The van der Waals surface area contributed by atoms with Gasteiger partial charge in [0, 0.05) is 23.9 Å². The Hall–Kier alpha value is -1.81. The van der Waals surface area contributed by atoms with Crippen molar-refractivity contribution >= 4 is 0 Å². The summed E-state index contributed by atoms with van der Waals surface area (Å²) < 4.78 is 7.88. The summed E-state index contributed by atoms with van der Waals surface area (Å²) in [6, 6.07) is 5.43. The number of aromatic nitrogens is 2. The van der Waals surface area contributed by atoms with Crippen LogP contribution in [0, 0.1) is 5.92 Å². The van der Waals surface area contributed by atoms with Crippen molar-refractivity contribution < 1.29 is 4.74 Å². The lowest BCUT2D eigenvalue weighted by atomic mass is 9.52. The van der Waals surface area contributed by atoms with Gasteiger partial charge in [0.2, 0.25) is 0 Å². The zero-order valence-corrected chi connectivity index (χ0v) is 15.2. The average Bonchev–Trinajstić information content (AvgIpc) is 3.18. The fourth-order valence-corrected chi connectivity index (χ4v) is 5.99. The summed E-state index contributed by atoms with van der Waals surface area (Å²) >= 11 is 0. The lowest BCUT2D eigenvalue weighted by Gasteiger charge is -2.58. The van der Waals surface area contributed by atoms with Crippen LogP contribution in [0.4, 0.5) is 0 Å². The summed E-state index contributed by atoms with van der Waals surface area (Å²) in [5.74, 6) is 1.80. The van der Waals surface area contributed by atoms with Crippen molar-refractivity contribution in [3.05, 3.63) is 42.0 Å². The van der Waals surface area contributed by atoms with E-state index in [0.29, 0.717) is 11.5 Å². The van der Waals surface area contributed by atoms with Gasteiger partial charge < -0.3 is 14.2 Å². The molecule has 1 aromatic heterocycles. The number of likely N-dealkylation sites (N-methyl/N-ethyl adjacent to an activating group) is 1. The Morgan fingerprint density at radius 1 is 1.24 bits per heavy atom. The van der Waals surface area contributed by atoms with E-state index in [1.165, 1.54) is 50.6 Å². The van der Waals surface area contributed by atoms with E-state index < -0.39 is 0 Å². The second kappa shape index (κ2) is 5.60. The van der Waals surface area contributed by atoms with E-state index >= 15 is 0 Å². The molecule has 1 saturated heterocycles. The van der Waals surface area contributed by atoms with Gasteiger partial charge in [0.25, 0.3) is 0 Å². The molecule has 4 heteroatoms. The first-order chi connectivity index (χ1) is 12.2. The van der Waals surface area contributed by atoms with Crippen LogP contribution >= 0.6 is 0 Å². The van der Waals surface area contributed by atoms with Gasteiger partial charge in [-0.15, -0.1) is 0 Å². The second-order valence-electron chi connectivity index (χ2n) is 8.16. The van der Waals surface area contributed by atoms with Crippen LogP contribution in [0.3, 0.4) is 0 Å². The van der Waals surface area contributed by atoms with Crippen molar-refractivity contribution in [2.45, 2.75) is 50.0 Å². The van der Waals surface area contributed by atoms with Gasteiger partial charge in [-0.25, -0.2) is 4.98 Å². The summed E-state index contributed by atoms with van der Waals surface area (Å²) in [5.41, 5.74) is 4.61. The molecule has 0 N–H and O–H groups in total. The molecule has 25 heavy (non-hydrogen) atoms. The molecule has 2 aromatic rings. The SMILES string of the molecule is COc1cc2c(cc1-n1ccnc1)C[C@H]1[C@@H]3CCCC[C@]23CCN1C. The van der Waals surface area contributed by atoms with Crippen molar-refractivity contribution in [3.63, 3.8) is 0 Å². The van der Waals surface area contributed by atoms with E-state index in [2.05, 4.69) is 33.6 Å². The second-order valence-corrected chi connectivity index (χ2v) is 8.16. The number of benzene rings is 1. The van der Waals surface area contributed by atoms with Gasteiger partial charge in [-0.2, -0.15) is 0 Å². The van der Waals surface area contributed by atoms with Crippen LogP contribution < -0.4 is 4.74 Å². The van der Waals surface area contributed by atoms with Crippen molar-refractivity contribution in [2.24, 2.45) is 5.92 Å².